The van der Waals surface area contributed by atoms with Crippen LogP contribution >= 0.6 is 10.0 Å². The van der Waals surface area contributed by atoms with Gasteiger partial charge in [-0.1, -0.05) is 20.8 Å². The van der Waals surface area contributed by atoms with Crippen LogP contribution in [0.1, 0.15) is 41.5 Å². The number of hydrogen-bond acceptors (Lipinski definition) is 4. The Morgan fingerprint density at radius 2 is 1.61 bits per heavy atom. The zero-order valence-corrected chi connectivity index (χ0v) is 16.7. The third kappa shape index (κ3) is 7.44. The number of aliphatic carboxylic acids is 1. The molecule has 0 spiro atoms. The maximum Gasteiger partial charge on any atom is 0.410 e. The zero-order valence-electron chi connectivity index (χ0n) is 15.9. The molecule has 7 heteroatoms. The van der Waals surface area contributed by atoms with Crippen LogP contribution in [0.3, 0.4) is 0 Å². The fourth-order valence-electron chi connectivity index (χ4n) is 1.35. The molecular weight excluding hydrogens is 318 g/mol. The third-order valence-electron chi connectivity index (χ3n) is 3.75. The Bertz CT molecular complexity index is 423. The molecule has 1 amide bonds. The molecule has 0 aliphatic rings. The van der Waals surface area contributed by atoms with Gasteiger partial charge in [-0.05, 0) is 38.0 Å². The highest BCUT2D eigenvalue weighted by atomic mass is 32.3. The lowest BCUT2D eigenvalue weighted by atomic mass is 10.2. The monoisotopic (exact) mass is 351 g/mol. The summed E-state index contributed by atoms with van der Waals surface area (Å²) in [6, 6.07) is -1.07. The first kappa shape index (κ1) is 22.1. The minimum absolute atomic E-state index is 0.0580. The Labute approximate surface area is 141 Å². The van der Waals surface area contributed by atoms with Gasteiger partial charge in [-0.15, -0.1) is 0 Å². The summed E-state index contributed by atoms with van der Waals surface area (Å²) < 4.78 is 11.0. The van der Waals surface area contributed by atoms with Gasteiger partial charge in [0.2, 0.25) is 0 Å². The molecule has 0 saturated heterocycles. The summed E-state index contributed by atoms with van der Waals surface area (Å²) in [5.41, 5.74) is -0.673. The minimum atomic E-state index is -1.11. The van der Waals surface area contributed by atoms with Gasteiger partial charge < -0.3 is 14.6 Å². The summed E-state index contributed by atoms with van der Waals surface area (Å²) in [6.07, 6.45) is 3.64. The number of amides is 1. The van der Waals surface area contributed by atoms with Crippen molar-refractivity contribution in [3.8, 4) is 0 Å². The number of nitrogens with zero attached hydrogens (tertiary/aromatic N) is 1. The van der Waals surface area contributed by atoms with Gasteiger partial charge in [-0.25, -0.2) is 19.6 Å². The first-order valence-corrected chi connectivity index (χ1v) is 10.2. The van der Waals surface area contributed by atoms with E-state index in [0.717, 1.165) is 4.90 Å². The number of hydrogen-bond donors (Lipinski definition) is 1. The summed E-state index contributed by atoms with van der Waals surface area (Å²) in [5, 5.41) is 9.36. The Balaban J connectivity index is 4.77. The molecule has 0 bridgehead atoms. The van der Waals surface area contributed by atoms with Crippen molar-refractivity contribution in [3.05, 3.63) is 0 Å². The quantitative estimate of drug-likeness (QED) is 0.795. The summed E-state index contributed by atoms with van der Waals surface area (Å²) in [5.74, 6) is -0.621. The molecule has 1 N–H and O–H groups in total. The van der Waals surface area contributed by atoms with Gasteiger partial charge in [0.1, 0.15) is 5.60 Å². The first-order chi connectivity index (χ1) is 10.1. The molecule has 6 nitrogen and oxygen atoms in total. The predicted octanol–water partition coefficient (Wildman–Crippen LogP) is 3.14. The second-order valence-corrected chi connectivity index (χ2v) is 12.6. The van der Waals surface area contributed by atoms with Crippen molar-refractivity contribution in [1.82, 2.24) is 4.90 Å². The molecular formula is C16H33NO5S. The summed E-state index contributed by atoms with van der Waals surface area (Å²) in [4.78, 5) is 24.5. The van der Waals surface area contributed by atoms with Gasteiger partial charge >= 0.3 is 12.1 Å². The Kier molecular flexibility index (Phi) is 7.43. The smallest absolute Gasteiger partial charge is 0.410 e. The van der Waals surface area contributed by atoms with Crippen LogP contribution in [0.15, 0.2) is 0 Å². The highest BCUT2D eigenvalue weighted by molar-refractivity contribution is 8.33. The predicted molar refractivity (Wildman–Crippen MR) is 95.4 cm³/mol. The number of carbonyl (C=O) groups excluding carboxylic acids is 1. The lowest BCUT2D eigenvalue weighted by Crippen LogP contribution is -2.47. The third-order valence-corrected chi connectivity index (χ3v) is 7.82. The van der Waals surface area contributed by atoms with E-state index in [9.17, 15) is 14.7 Å². The number of ether oxygens (including phenoxy) is 2. The molecule has 23 heavy (non-hydrogen) atoms. The van der Waals surface area contributed by atoms with Gasteiger partial charge in [0.25, 0.3) is 0 Å². The normalized spacial score (nSPS) is 15.0. The minimum Gasteiger partial charge on any atom is -0.480 e. The van der Waals surface area contributed by atoms with Crippen molar-refractivity contribution in [2.75, 3.05) is 32.1 Å². The SMILES string of the molecule is CN(C(=O)OC(C)(C)C)[C@H](COCS(C)(C)C(C)(C)C)C(=O)O. The standard InChI is InChI=1S/C16H33NO5S/c1-15(2,3)22-14(20)17(7)12(13(18)19)10-21-11-23(8,9)16(4,5)6/h12H,10-11H2,1-9H3,(H,18,19)/t12-/m1/s1. The van der Waals surface area contributed by atoms with Crippen LogP contribution in [0.4, 0.5) is 4.79 Å². The molecule has 0 fully saturated rings. The molecule has 0 rings (SSSR count). The molecule has 1 atom stereocenters. The van der Waals surface area contributed by atoms with E-state index < -0.39 is 33.7 Å². The Morgan fingerprint density at radius 3 is 1.96 bits per heavy atom. The molecule has 138 valence electrons. The van der Waals surface area contributed by atoms with Crippen LogP contribution in [-0.2, 0) is 14.3 Å². The van der Waals surface area contributed by atoms with Crippen LogP contribution in [0.2, 0.25) is 0 Å². The summed E-state index contributed by atoms with van der Waals surface area (Å²) in [6.45, 7) is 11.6. The maximum atomic E-state index is 12.0. The highest BCUT2D eigenvalue weighted by Gasteiger charge is 2.32. The largest absolute Gasteiger partial charge is 0.480 e. The molecule has 0 aliphatic carbocycles. The van der Waals surface area contributed by atoms with Crippen molar-refractivity contribution in [2.45, 2.75) is 57.9 Å². The average molecular weight is 352 g/mol. The van der Waals surface area contributed by atoms with Gasteiger partial charge in [0.05, 0.1) is 12.5 Å². The second-order valence-electron chi connectivity index (χ2n) is 8.08. The number of carboxylic acid groups (broad SMARTS) is 1. The number of likely N-dealkylation sites (N-methyl/N-ethyl adjacent to an activating group) is 1. The fourth-order valence-corrected chi connectivity index (χ4v) is 2.22. The zero-order chi connectivity index (χ0) is 18.6. The van der Waals surface area contributed by atoms with Gasteiger partial charge in [-0.2, -0.15) is 0 Å². The Morgan fingerprint density at radius 1 is 1.13 bits per heavy atom. The van der Waals surface area contributed by atoms with E-state index in [1.807, 2.05) is 0 Å². The van der Waals surface area contributed by atoms with E-state index in [0.29, 0.717) is 5.94 Å². The topological polar surface area (TPSA) is 76.1 Å². The second kappa shape index (κ2) is 7.75. The lowest BCUT2D eigenvalue weighted by molar-refractivity contribution is -0.144. The molecule has 0 radical (unpaired) electrons. The van der Waals surface area contributed by atoms with Gasteiger partial charge in [0, 0.05) is 7.05 Å². The summed E-state index contributed by atoms with van der Waals surface area (Å²) in [7, 11) is 0.371. The van der Waals surface area contributed by atoms with Crippen molar-refractivity contribution in [3.63, 3.8) is 0 Å². The summed E-state index contributed by atoms with van der Waals surface area (Å²) >= 11 is 0. The van der Waals surface area contributed by atoms with E-state index in [1.165, 1.54) is 7.05 Å². The molecule has 0 heterocycles. The Hall–Kier alpha value is -0.950. The number of rotatable bonds is 6. The van der Waals surface area contributed by atoms with E-state index in [4.69, 9.17) is 9.47 Å². The number of carboxylic acids is 1. The molecule has 0 aromatic heterocycles. The van der Waals surface area contributed by atoms with Crippen molar-refractivity contribution in [1.29, 1.82) is 0 Å². The molecule has 0 aromatic carbocycles. The van der Waals surface area contributed by atoms with Gasteiger partial charge in [-0.3, -0.25) is 4.90 Å². The molecule has 0 aliphatic heterocycles. The fraction of sp³-hybridized carbons (Fsp3) is 0.875. The van der Waals surface area contributed by atoms with E-state index in [-0.39, 0.29) is 11.4 Å². The molecule has 0 saturated carbocycles. The van der Waals surface area contributed by atoms with Gasteiger partial charge in [0.15, 0.2) is 6.04 Å². The van der Waals surface area contributed by atoms with Crippen LogP contribution in [0.25, 0.3) is 0 Å². The van der Waals surface area contributed by atoms with Crippen molar-refractivity contribution in [2.24, 2.45) is 0 Å². The van der Waals surface area contributed by atoms with Crippen LogP contribution < -0.4 is 0 Å². The average Bonchev–Trinajstić information content (AvgIpc) is 2.29. The van der Waals surface area contributed by atoms with E-state index in [1.54, 1.807) is 20.8 Å². The highest BCUT2D eigenvalue weighted by Crippen LogP contribution is 2.52. The molecule has 0 aromatic rings. The molecule has 0 unspecified atom stereocenters. The first-order valence-electron chi connectivity index (χ1n) is 7.55. The number of carbonyl (C=O) groups is 2. The van der Waals surface area contributed by atoms with Crippen molar-refractivity contribution >= 4 is 22.1 Å². The maximum absolute atomic E-state index is 12.0. The lowest BCUT2D eigenvalue weighted by Gasteiger charge is -2.44. The van der Waals surface area contributed by atoms with Crippen LogP contribution in [0.5, 0.6) is 0 Å². The van der Waals surface area contributed by atoms with E-state index in [2.05, 4.69) is 33.3 Å². The van der Waals surface area contributed by atoms with Crippen LogP contribution in [-0.4, -0.2) is 70.6 Å². The van der Waals surface area contributed by atoms with E-state index >= 15 is 0 Å². The van der Waals surface area contributed by atoms with Crippen LogP contribution in [0, 0.1) is 0 Å². The van der Waals surface area contributed by atoms with Crippen molar-refractivity contribution < 1.29 is 24.2 Å².